The molecule has 4 aromatic rings. The molecular formula is C22H23N7O3. The van der Waals surface area contributed by atoms with Gasteiger partial charge in [-0.3, -0.25) is 19.7 Å². The standard InChI is InChI=1S/C22H23N7O3/c1-12-13(2)28-29-19(12)22(31)26-16-8-15-10-17(27-20(15)25-11-16)14-4-5-23-18(9-14)21(30)24-6-7-32-3/h4-5,8-11H,6-7H2,1-3H3,(H,24,30)(H,25,27)(H,26,31)(H,28,29). The SMILES string of the molecule is COCCNC(=O)c1cc(-c2cc3cc(NC(=O)c4n[nH]c(C)c4C)cnc3[nH]2)ccn1. The van der Waals surface area contributed by atoms with Crippen LogP contribution in [0.4, 0.5) is 5.69 Å². The van der Waals surface area contributed by atoms with Gasteiger partial charge in [0.15, 0.2) is 5.69 Å². The zero-order chi connectivity index (χ0) is 22.7. The molecule has 10 nitrogen and oxygen atoms in total. The van der Waals surface area contributed by atoms with Gasteiger partial charge >= 0.3 is 0 Å². The number of fused-ring (bicyclic) bond motifs is 1. The van der Waals surface area contributed by atoms with Gasteiger partial charge in [0.25, 0.3) is 11.8 Å². The van der Waals surface area contributed by atoms with Gasteiger partial charge in [-0.25, -0.2) is 4.98 Å². The molecule has 10 heteroatoms. The number of aromatic amines is 2. The van der Waals surface area contributed by atoms with E-state index in [1.165, 1.54) is 0 Å². The first-order valence-corrected chi connectivity index (χ1v) is 10.0. The topological polar surface area (TPSA) is 138 Å². The van der Waals surface area contributed by atoms with Gasteiger partial charge < -0.3 is 20.4 Å². The highest BCUT2D eigenvalue weighted by Crippen LogP contribution is 2.25. The van der Waals surface area contributed by atoms with Crippen molar-refractivity contribution in [2.45, 2.75) is 13.8 Å². The molecule has 0 saturated carbocycles. The van der Waals surface area contributed by atoms with Crippen LogP contribution >= 0.6 is 0 Å². The molecule has 4 aromatic heterocycles. The number of hydrogen-bond acceptors (Lipinski definition) is 6. The van der Waals surface area contributed by atoms with Gasteiger partial charge in [-0.2, -0.15) is 5.10 Å². The fourth-order valence-electron chi connectivity index (χ4n) is 3.22. The molecule has 0 aliphatic heterocycles. The molecule has 0 bridgehead atoms. The van der Waals surface area contributed by atoms with Crippen LogP contribution in [0.5, 0.6) is 0 Å². The lowest BCUT2D eigenvalue weighted by Gasteiger charge is -2.05. The van der Waals surface area contributed by atoms with Crippen LogP contribution in [0, 0.1) is 13.8 Å². The van der Waals surface area contributed by atoms with Crippen molar-refractivity contribution in [2.24, 2.45) is 0 Å². The number of carbonyl (C=O) groups is 2. The normalized spacial score (nSPS) is 11.0. The van der Waals surface area contributed by atoms with Gasteiger partial charge in [0.1, 0.15) is 11.3 Å². The van der Waals surface area contributed by atoms with Crippen LogP contribution < -0.4 is 10.6 Å². The zero-order valence-electron chi connectivity index (χ0n) is 17.9. The van der Waals surface area contributed by atoms with Crippen molar-refractivity contribution < 1.29 is 14.3 Å². The molecule has 0 spiro atoms. The number of aromatic nitrogens is 5. The third-order valence-corrected chi connectivity index (χ3v) is 5.09. The van der Waals surface area contributed by atoms with E-state index in [1.54, 1.807) is 25.6 Å². The number of ether oxygens (including phenoxy) is 1. The number of rotatable bonds is 7. The smallest absolute Gasteiger partial charge is 0.276 e. The second-order valence-electron chi connectivity index (χ2n) is 7.30. The summed E-state index contributed by atoms with van der Waals surface area (Å²) in [5.74, 6) is -0.575. The summed E-state index contributed by atoms with van der Waals surface area (Å²) in [5, 5.41) is 13.3. The number of nitrogens with one attached hydrogen (secondary N) is 4. The number of amides is 2. The number of aryl methyl sites for hydroxylation is 1. The van der Waals surface area contributed by atoms with E-state index in [0.29, 0.717) is 35.9 Å². The maximum Gasteiger partial charge on any atom is 0.276 e. The summed E-state index contributed by atoms with van der Waals surface area (Å²) in [4.78, 5) is 36.6. The van der Waals surface area contributed by atoms with Crippen molar-refractivity contribution in [3.05, 3.63) is 59.3 Å². The zero-order valence-corrected chi connectivity index (χ0v) is 17.9. The van der Waals surface area contributed by atoms with Crippen LogP contribution in [0.3, 0.4) is 0 Å². The number of pyridine rings is 2. The Hall–Kier alpha value is -4.05. The summed E-state index contributed by atoms with van der Waals surface area (Å²) in [6, 6.07) is 7.25. The first kappa shape index (κ1) is 21.2. The molecule has 164 valence electrons. The van der Waals surface area contributed by atoms with Crippen molar-refractivity contribution in [1.82, 2.24) is 30.5 Å². The second-order valence-corrected chi connectivity index (χ2v) is 7.30. The Morgan fingerprint density at radius 2 is 1.97 bits per heavy atom. The summed E-state index contributed by atoms with van der Waals surface area (Å²) in [5.41, 5.74) is 5.11. The highest BCUT2D eigenvalue weighted by atomic mass is 16.5. The number of methoxy groups -OCH3 is 1. The fourth-order valence-corrected chi connectivity index (χ4v) is 3.22. The van der Waals surface area contributed by atoms with Crippen molar-refractivity contribution in [3.8, 4) is 11.3 Å². The molecule has 32 heavy (non-hydrogen) atoms. The minimum absolute atomic E-state index is 0.271. The molecule has 0 aliphatic rings. The maximum atomic E-state index is 12.5. The van der Waals surface area contributed by atoms with Crippen LogP contribution in [0.25, 0.3) is 22.3 Å². The Labute approximate surface area is 183 Å². The molecule has 4 heterocycles. The van der Waals surface area contributed by atoms with E-state index in [9.17, 15) is 9.59 Å². The lowest BCUT2D eigenvalue weighted by molar-refractivity contribution is 0.0931. The predicted octanol–water partition coefficient (Wildman–Crippen LogP) is 2.59. The molecule has 0 aromatic carbocycles. The molecular weight excluding hydrogens is 410 g/mol. The summed E-state index contributed by atoms with van der Waals surface area (Å²) < 4.78 is 4.94. The Morgan fingerprint density at radius 1 is 1.12 bits per heavy atom. The lowest BCUT2D eigenvalue weighted by atomic mass is 10.1. The van der Waals surface area contributed by atoms with E-state index in [2.05, 4.69) is 35.8 Å². The van der Waals surface area contributed by atoms with E-state index in [4.69, 9.17) is 4.74 Å². The van der Waals surface area contributed by atoms with Gasteiger partial charge in [-0.15, -0.1) is 0 Å². The average molecular weight is 433 g/mol. The monoisotopic (exact) mass is 433 g/mol. The number of carbonyl (C=O) groups excluding carboxylic acids is 2. The van der Waals surface area contributed by atoms with Crippen molar-refractivity contribution in [3.63, 3.8) is 0 Å². The third-order valence-electron chi connectivity index (χ3n) is 5.09. The summed E-state index contributed by atoms with van der Waals surface area (Å²) in [6.45, 7) is 4.54. The maximum absolute atomic E-state index is 12.5. The van der Waals surface area contributed by atoms with E-state index in [1.807, 2.05) is 32.0 Å². The van der Waals surface area contributed by atoms with Gasteiger partial charge in [0.05, 0.1) is 18.5 Å². The summed E-state index contributed by atoms with van der Waals surface area (Å²) >= 11 is 0. The number of anilines is 1. The molecule has 4 rings (SSSR count). The Balaban J connectivity index is 1.54. The first-order chi connectivity index (χ1) is 15.5. The minimum Gasteiger partial charge on any atom is -0.383 e. The van der Waals surface area contributed by atoms with Crippen molar-refractivity contribution in [2.75, 3.05) is 25.6 Å². The molecule has 2 amide bonds. The van der Waals surface area contributed by atoms with E-state index in [0.717, 1.165) is 27.9 Å². The Kier molecular flexibility index (Phi) is 5.95. The van der Waals surface area contributed by atoms with Crippen LogP contribution in [0.15, 0.2) is 36.7 Å². The van der Waals surface area contributed by atoms with E-state index >= 15 is 0 Å². The predicted molar refractivity (Wildman–Crippen MR) is 120 cm³/mol. The minimum atomic E-state index is -0.304. The Morgan fingerprint density at radius 3 is 2.72 bits per heavy atom. The molecule has 0 fully saturated rings. The van der Waals surface area contributed by atoms with Gasteiger partial charge in [0, 0.05) is 47.8 Å². The quantitative estimate of drug-likeness (QED) is 0.331. The highest BCUT2D eigenvalue weighted by molar-refractivity contribution is 6.04. The van der Waals surface area contributed by atoms with E-state index in [-0.39, 0.29) is 11.8 Å². The van der Waals surface area contributed by atoms with Crippen molar-refractivity contribution in [1.29, 1.82) is 0 Å². The molecule has 4 N–H and O–H groups in total. The molecule has 0 unspecified atom stereocenters. The Bertz CT molecular complexity index is 1290. The van der Waals surface area contributed by atoms with Crippen LogP contribution in [-0.4, -0.2) is 57.2 Å². The summed E-state index contributed by atoms with van der Waals surface area (Å²) in [6.07, 6.45) is 3.16. The highest BCUT2D eigenvalue weighted by Gasteiger charge is 2.15. The van der Waals surface area contributed by atoms with E-state index < -0.39 is 0 Å². The van der Waals surface area contributed by atoms with Crippen LogP contribution in [0.2, 0.25) is 0 Å². The molecule has 0 aliphatic carbocycles. The third kappa shape index (κ3) is 4.35. The molecule has 0 saturated heterocycles. The van der Waals surface area contributed by atoms with Gasteiger partial charge in [0.2, 0.25) is 0 Å². The molecule has 0 atom stereocenters. The van der Waals surface area contributed by atoms with Crippen molar-refractivity contribution >= 4 is 28.5 Å². The number of H-pyrrole nitrogens is 2. The summed E-state index contributed by atoms with van der Waals surface area (Å²) in [7, 11) is 1.57. The lowest BCUT2D eigenvalue weighted by Crippen LogP contribution is -2.27. The van der Waals surface area contributed by atoms with Gasteiger partial charge in [-0.1, -0.05) is 0 Å². The number of hydrogen-bond donors (Lipinski definition) is 4. The first-order valence-electron chi connectivity index (χ1n) is 10.0. The average Bonchev–Trinajstić information content (AvgIpc) is 3.37. The number of nitrogens with zero attached hydrogens (tertiary/aromatic N) is 3. The van der Waals surface area contributed by atoms with Crippen LogP contribution in [-0.2, 0) is 4.74 Å². The second kappa shape index (κ2) is 8.98. The largest absolute Gasteiger partial charge is 0.383 e. The molecule has 0 radical (unpaired) electrons. The van der Waals surface area contributed by atoms with Crippen LogP contribution in [0.1, 0.15) is 32.2 Å². The van der Waals surface area contributed by atoms with Gasteiger partial charge in [-0.05, 0) is 38.1 Å². The fraction of sp³-hybridized carbons (Fsp3) is 0.227.